The molecule has 40 heavy (non-hydrogen) atoms. The molecule has 9 nitrogen and oxygen atoms in total. The van der Waals surface area contributed by atoms with Crippen molar-refractivity contribution in [1.29, 1.82) is 5.26 Å². The topological polar surface area (TPSA) is 110 Å². The number of pyridine rings is 1. The number of amides is 1. The summed E-state index contributed by atoms with van der Waals surface area (Å²) in [4.78, 5) is 44.1. The monoisotopic (exact) mass is 579 g/mol. The fourth-order valence-electron chi connectivity index (χ4n) is 5.09. The summed E-state index contributed by atoms with van der Waals surface area (Å²) in [6.07, 6.45) is 2.71. The zero-order valence-corrected chi connectivity index (χ0v) is 24.4. The largest absolute Gasteiger partial charge is 0.481 e. The summed E-state index contributed by atoms with van der Waals surface area (Å²) >= 11 is 6.60. The number of carboxylic acids is 1. The van der Waals surface area contributed by atoms with Crippen LogP contribution >= 0.6 is 24.0 Å². The quantitative estimate of drug-likeness (QED) is 0.332. The molecule has 0 spiro atoms. The highest BCUT2D eigenvalue weighted by Gasteiger charge is 2.33. The summed E-state index contributed by atoms with van der Waals surface area (Å²) in [5.41, 5.74) is 2.22. The fourth-order valence-corrected chi connectivity index (χ4v) is 6.38. The van der Waals surface area contributed by atoms with Crippen LogP contribution in [0.25, 0.3) is 6.08 Å². The first-order valence-electron chi connectivity index (χ1n) is 13.4. The van der Waals surface area contributed by atoms with Gasteiger partial charge in [0.25, 0.3) is 11.5 Å². The maximum atomic E-state index is 13.4. The van der Waals surface area contributed by atoms with Crippen LogP contribution in [-0.4, -0.2) is 68.4 Å². The molecule has 2 saturated heterocycles. The number of aromatic nitrogens is 1. The number of nitriles is 1. The Balaban J connectivity index is 1.69. The Morgan fingerprint density at radius 2 is 1.85 bits per heavy atom. The molecule has 1 N–H and O–H groups in total. The molecule has 2 aliphatic rings. The summed E-state index contributed by atoms with van der Waals surface area (Å²) < 4.78 is 2.05. The predicted molar refractivity (Wildman–Crippen MR) is 161 cm³/mol. The van der Waals surface area contributed by atoms with Gasteiger partial charge in [0.05, 0.1) is 4.91 Å². The molecule has 0 aliphatic carbocycles. The van der Waals surface area contributed by atoms with Gasteiger partial charge in [0, 0.05) is 57.8 Å². The van der Waals surface area contributed by atoms with Crippen LogP contribution in [0.2, 0.25) is 0 Å². The first-order valence-corrected chi connectivity index (χ1v) is 14.6. The molecule has 0 bridgehead atoms. The molecular weight excluding hydrogens is 546 g/mol. The van der Waals surface area contributed by atoms with Crippen molar-refractivity contribution in [1.82, 2.24) is 14.4 Å². The highest BCUT2D eigenvalue weighted by atomic mass is 32.2. The van der Waals surface area contributed by atoms with Crippen molar-refractivity contribution in [3.63, 3.8) is 0 Å². The first-order chi connectivity index (χ1) is 19.2. The molecule has 210 valence electrons. The molecule has 0 atom stereocenters. The molecule has 0 unspecified atom stereocenters. The molecule has 0 radical (unpaired) electrons. The minimum Gasteiger partial charge on any atom is -0.481 e. The van der Waals surface area contributed by atoms with Crippen LogP contribution in [-0.2, 0) is 22.7 Å². The number of rotatable bonds is 10. The average molecular weight is 580 g/mol. The minimum absolute atomic E-state index is 0.0525. The van der Waals surface area contributed by atoms with Crippen molar-refractivity contribution in [3.8, 4) is 6.07 Å². The second-order valence-electron chi connectivity index (χ2n) is 9.89. The molecule has 2 fully saturated rings. The summed E-state index contributed by atoms with van der Waals surface area (Å²) in [6.45, 7) is 8.26. The van der Waals surface area contributed by atoms with E-state index < -0.39 is 5.97 Å². The number of aliphatic carboxylic acids is 1. The van der Waals surface area contributed by atoms with Crippen molar-refractivity contribution >= 4 is 52.1 Å². The Kier molecular flexibility index (Phi) is 9.79. The number of carbonyl (C=O) groups is 2. The lowest BCUT2D eigenvalue weighted by atomic mass is 10.0. The molecular formula is C29H33N5O4S2. The minimum atomic E-state index is -0.924. The normalized spacial score (nSPS) is 17.1. The number of anilines is 1. The van der Waals surface area contributed by atoms with Crippen LogP contribution in [0.3, 0.4) is 0 Å². The van der Waals surface area contributed by atoms with Gasteiger partial charge in [-0.05, 0) is 37.0 Å². The maximum Gasteiger partial charge on any atom is 0.303 e. The summed E-state index contributed by atoms with van der Waals surface area (Å²) in [7, 11) is 0. The lowest BCUT2D eigenvalue weighted by Crippen LogP contribution is -2.48. The van der Waals surface area contributed by atoms with Crippen molar-refractivity contribution in [3.05, 3.63) is 67.8 Å². The van der Waals surface area contributed by atoms with Gasteiger partial charge in [0.1, 0.15) is 21.8 Å². The van der Waals surface area contributed by atoms with E-state index in [9.17, 15) is 19.6 Å². The molecule has 3 heterocycles. The number of carboxylic acid groups (broad SMARTS) is 1. The smallest absolute Gasteiger partial charge is 0.303 e. The molecule has 4 rings (SSSR count). The van der Waals surface area contributed by atoms with E-state index in [1.54, 1.807) is 17.6 Å². The summed E-state index contributed by atoms with van der Waals surface area (Å²) in [6, 6.07) is 12.4. The molecule has 2 aromatic rings. The highest BCUT2D eigenvalue weighted by Crippen LogP contribution is 2.36. The van der Waals surface area contributed by atoms with E-state index in [2.05, 4.69) is 28.0 Å². The van der Waals surface area contributed by atoms with Gasteiger partial charge in [0.2, 0.25) is 0 Å². The summed E-state index contributed by atoms with van der Waals surface area (Å²) in [5.74, 6) is -0.489. The molecule has 0 saturated carbocycles. The van der Waals surface area contributed by atoms with Gasteiger partial charge in [-0.2, -0.15) is 5.26 Å². The first kappa shape index (κ1) is 29.5. The third kappa shape index (κ3) is 6.46. The number of nitrogens with zero attached hydrogens (tertiary/aromatic N) is 5. The Labute approximate surface area is 243 Å². The van der Waals surface area contributed by atoms with E-state index >= 15 is 0 Å². The van der Waals surface area contributed by atoms with Crippen molar-refractivity contribution < 1.29 is 14.7 Å². The Hall–Kier alpha value is -3.46. The Bertz CT molecular complexity index is 1420. The van der Waals surface area contributed by atoms with Crippen LogP contribution in [0.4, 0.5) is 5.82 Å². The molecule has 2 aliphatic heterocycles. The third-order valence-electron chi connectivity index (χ3n) is 7.14. The number of thioether (sulfide) groups is 1. The number of piperazine rings is 1. The van der Waals surface area contributed by atoms with Gasteiger partial charge in [0.15, 0.2) is 0 Å². The SMILES string of the molecule is CCCn1c(N2CCN(Cc3ccccc3)CC2)c(/C=C2\SC(=S)N(CCCC(=O)O)C2=O)c(C)c(C#N)c1=O. The number of hydrogen-bond donors (Lipinski definition) is 1. The highest BCUT2D eigenvalue weighted by molar-refractivity contribution is 8.26. The number of thiocarbonyl (C=S) groups is 1. The van der Waals surface area contributed by atoms with Gasteiger partial charge >= 0.3 is 5.97 Å². The fraction of sp³-hybridized carbons (Fsp3) is 0.414. The van der Waals surface area contributed by atoms with Crippen LogP contribution in [0.1, 0.15) is 48.4 Å². The van der Waals surface area contributed by atoms with Gasteiger partial charge in [-0.1, -0.05) is 61.2 Å². The van der Waals surface area contributed by atoms with Gasteiger partial charge in [-0.15, -0.1) is 0 Å². The third-order valence-corrected chi connectivity index (χ3v) is 8.51. The maximum absolute atomic E-state index is 13.4. The van der Waals surface area contributed by atoms with Crippen molar-refractivity contribution in [2.75, 3.05) is 37.6 Å². The number of benzene rings is 1. The molecule has 1 aromatic carbocycles. The van der Waals surface area contributed by atoms with E-state index in [4.69, 9.17) is 17.3 Å². The predicted octanol–water partition coefficient (Wildman–Crippen LogP) is 3.83. The van der Waals surface area contributed by atoms with Crippen molar-refractivity contribution in [2.45, 2.75) is 46.2 Å². The summed E-state index contributed by atoms with van der Waals surface area (Å²) in [5, 5.41) is 18.8. The zero-order valence-electron chi connectivity index (χ0n) is 22.8. The van der Waals surface area contributed by atoms with Crippen LogP contribution in [0.5, 0.6) is 0 Å². The average Bonchev–Trinajstić information content (AvgIpc) is 3.20. The van der Waals surface area contributed by atoms with E-state index in [0.29, 0.717) is 52.8 Å². The Morgan fingerprint density at radius 3 is 2.48 bits per heavy atom. The second-order valence-corrected chi connectivity index (χ2v) is 11.6. The lowest BCUT2D eigenvalue weighted by Gasteiger charge is -2.38. The second kappa shape index (κ2) is 13.3. The van der Waals surface area contributed by atoms with E-state index in [-0.39, 0.29) is 30.0 Å². The van der Waals surface area contributed by atoms with Crippen LogP contribution in [0, 0.1) is 18.3 Å². The standard InChI is InChI=1S/C29H33N5O4S2/c1-3-11-33-26(32-15-13-31(14-16-32)19-21-8-5-4-6-9-21)22(20(2)23(18-30)27(33)37)17-24-28(38)34(29(39)40-24)12-7-10-25(35)36/h4-6,8-9,17H,3,7,10-16,19H2,1-2H3,(H,35,36)/b24-17-. The zero-order chi connectivity index (χ0) is 28.8. The van der Waals surface area contributed by atoms with E-state index in [0.717, 1.165) is 37.2 Å². The van der Waals surface area contributed by atoms with Crippen molar-refractivity contribution in [2.24, 2.45) is 0 Å². The van der Waals surface area contributed by atoms with Crippen LogP contribution in [0.15, 0.2) is 40.0 Å². The van der Waals surface area contributed by atoms with E-state index in [1.807, 2.05) is 25.1 Å². The van der Waals surface area contributed by atoms with Gasteiger partial charge < -0.3 is 10.0 Å². The molecule has 11 heteroatoms. The van der Waals surface area contributed by atoms with Gasteiger partial charge in [-0.3, -0.25) is 28.8 Å². The van der Waals surface area contributed by atoms with Crippen LogP contribution < -0.4 is 10.5 Å². The lowest BCUT2D eigenvalue weighted by molar-refractivity contribution is -0.137. The number of hydrogen-bond acceptors (Lipinski definition) is 8. The Morgan fingerprint density at radius 1 is 1.15 bits per heavy atom. The van der Waals surface area contributed by atoms with Gasteiger partial charge in [-0.25, -0.2) is 0 Å². The van der Waals surface area contributed by atoms with E-state index in [1.165, 1.54) is 10.5 Å². The number of carbonyl (C=O) groups excluding carboxylic acids is 1. The molecule has 1 aromatic heterocycles. The molecule has 1 amide bonds.